The van der Waals surface area contributed by atoms with Crippen molar-refractivity contribution in [2.45, 2.75) is 50.7 Å². The van der Waals surface area contributed by atoms with Gasteiger partial charge in [0, 0.05) is 26.1 Å². The van der Waals surface area contributed by atoms with Crippen molar-refractivity contribution < 1.29 is 13.2 Å². The zero-order valence-electron chi connectivity index (χ0n) is 13.0. The first-order valence-electron chi connectivity index (χ1n) is 7.46. The van der Waals surface area contributed by atoms with Crippen molar-refractivity contribution >= 4 is 10.0 Å². The van der Waals surface area contributed by atoms with E-state index in [0.29, 0.717) is 35.3 Å². The summed E-state index contributed by atoms with van der Waals surface area (Å²) in [4.78, 5) is 0.371. The molecule has 0 N–H and O–H groups in total. The molecule has 6 nitrogen and oxygen atoms in total. The molecule has 3 atom stereocenters. The Kier molecular flexibility index (Phi) is 3.62. The molecule has 0 unspecified atom stereocenters. The van der Waals surface area contributed by atoms with Gasteiger partial charge in [-0.05, 0) is 33.6 Å². The predicted molar refractivity (Wildman–Crippen MR) is 78.5 cm³/mol. The predicted octanol–water partition coefficient (Wildman–Crippen LogP) is 1.22. The molecule has 1 aromatic rings. The van der Waals surface area contributed by atoms with Crippen molar-refractivity contribution in [3.63, 3.8) is 0 Å². The number of rotatable bonds is 2. The van der Waals surface area contributed by atoms with Gasteiger partial charge in [-0.2, -0.15) is 9.40 Å². The van der Waals surface area contributed by atoms with Gasteiger partial charge in [0.1, 0.15) is 4.90 Å². The van der Waals surface area contributed by atoms with Crippen LogP contribution in [0.15, 0.2) is 4.90 Å². The van der Waals surface area contributed by atoms with Crippen molar-refractivity contribution in [3.05, 3.63) is 11.4 Å². The van der Waals surface area contributed by atoms with Crippen molar-refractivity contribution in [2.75, 3.05) is 13.1 Å². The lowest BCUT2D eigenvalue weighted by atomic mass is 9.94. The molecule has 2 saturated heterocycles. The maximum atomic E-state index is 12.9. The molecule has 0 aromatic carbocycles. The first-order chi connectivity index (χ1) is 9.80. The van der Waals surface area contributed by atoms with Crippen molar-refractivity contribution in [3.8, 4) is 0 Å². The second-order valence-electron chi connectivity index (χ2n) is 6.26. The van der Waals surface area contributed by atoms with E-state index in [0.717, 1.165) is 12.8 Å². The summed E-state index contributed by atoms with van der Waals surface area (Å²) in [6.07, 6.45) is 2.20. The van der Waals surface area contributed by atoms with Crippen LogP contribution in [-0.2, 0) is 21.8 Å². The average molecular weight is 313 g/mol. The monoisotopic (exact) mass is 313 g/mol. The molecule has 118 valence electrons. The molecule has 3 heterocycles. The molecule has 2 aliphatic heterocycles. The molecule has 2 aliphatic rings. The number of hydrogen-bond donors (Lipinski definition) is 0. The highest BCUT2D eigenvalue weighted by Crippen LogP contribution is 2.35. The molecule has 0 spiro atoms. The van der Waals surface area contributed by atoms with Crippen molar-refractivity contribution in [1.82, 2.24) is 14.1 Å². The topological polar surface area (TPSA) is 64.4 Å². The minimum atomic E-state index is -3.46. The number of ether oxygens (including phenoxy) is 1. The van der Waals surface area contributed by atoms with E-state index < -0.39 is 10.0 Å². The molecule has 0 saturated carbocycles. The molecule has 1 aromatic heterocycles. The standard InChI is InChI=1S/C14H23N3O3S/c1-9-7-12-8-17(6-5-13(12)20-9)21(18,19)14-10(2)15-16(4)11(14)3/h9,12-13H,5-8H2,1-4H3/t9-,12-,13+/m0/s1. The lowest BCUT2D eigenvalue weighted by Crippen LogP contribution is -2.44. The summed E-state index contributed by atoms with van der Waals surface area (Å²) >= 11 is 0. The van der Waals surface area contributed by atoms with Gasteiger partial charge in [0.15, 0.2) is 0 Å². The van der Waals surface area contributed by atoms with Crippen LogP contribution in [0.1, 0.15) is 31.2 Å². The first-order valence-corrected chi connectivity index (χ1v) is 8.90. The molecule has 0 aliphatic carbocycles. The Morgan fingerprint density at radius 2 is 2.05 bits per heavy atom. The van der Waals surface area contributed by atoms with Crippen LogP contribution in [-0.4, -0.2) is 47.8 Å². The molecule has 7 heteroatoms. The average Bonchev–Trinajstić information content (AvgIpc) is 2.88. The molecule has 2 fully saturated rings. The van der Waals surface area contributed by atoms with E-state index in [9.17, 15) is 8.42 Å². The summed E-state index contributed by atoms with van der Waals surface area (Å²) in [6, 6.07) is 0. The summed E-state index contributed by atoms with van der Waals surface area (Å²) < 4.78 is 35.0. The number of nitrogens with zero attached hydrogens (tertiary/aromatic N) is 3. The zero-order valence-corrected chi connectivity index (χ0v) is 13.9. The Morgan fingerprint density at radius 3 is 2.67 bits per heavy atom. The van der Waals surface area contributed by atoms with E-state index in [1.807, 2.05) is 0 Å². The molecule has 0 radical (unpaired) electrons. The van der Waals surface area contributed by atoms with E-state index in [1.165, 1.54) is 0 Å². The van der Waals surface area contributed by atoms with Gasteiger partial charge in [-0.3, -0.25) is 4.68 Å². The number of aromatic nitrogens is 2. The third-order valence-corrected chi connectivity index (χ3v) is 6.83. The largest absolute Gasteiger partial charge is 0.375 e. The molecular formula is C14H23N3O3S. The Labute approximate surface area is 126 Å². The fraction of sp³-hybridized carbons (Fsp3) is 0.786. The van der Waals surface area contributed by atoms with E-state index >= 15 is 0 Å². The van der Waals surface area contributed by atoms with Crippen LogP contribution in [0, 0.1) is 19.8 Å². The van der Waals surface area contributed by atoms with Gasteiger partial charge in [0.25, 0.3) is 0 Å². The molecule has 0 amide bonds. The van der Waals surface area contributed by atoms with E-state index in [1.54, 1.807) is 29.9 Å². The maximum Gasteiger partial charge on any atom is 0.246 e. The van der Waals surface area contributed by atoms with Gasteiger partial charge in [-0.1, -0.05) is 0 Å². The van der Waals surface area contributed by atoms with Crippen molar-refractivity contribution in [2.24, 2.45) is 13.0 Å². The highest BCUT2D eigenvalue weighted by atomic mass is 32.2. The molecule has 3 rings (SSSR count). The Bertz CT molecular complexity index is 653. The highest BCUT2D eigenvalue weighted by Gasteiger charge is 2.42. The third-order valence-electron chi connectivity index (χ3n) is 4.71. The summed E-state index contributed by atoms with van der Waals surface area (Å²) in [5, 5.41) is 4.24. The lowest BCUT2D eigenvalue weighted by molar-refractivity contribution is 0.0206. The number of aryl methyl sites for hydroxylation is 2. The molecule has 21 heavy (non-hydrogen) atoms. The van der Waals surface area contributed by atoms with Gasteiger partial charge in [0.05, 0.1) is 23.6 Å². The third kappa shape index (κ3) is 2.41. The van der Waals surface area contributed by atoms with Crippen molar-refractivity contribution in [1.29, 1.82) is 0 Å². The minimum absolute atomic E-state index is 0.225. The quantitative estimate of drug-likeness (QED) is 0.823. The van der Waals surface area contributed by atoms with Gasteiger partial charge in [-0.15, -0.1) is 0 Å². The SMILES string of the molecule is Cc1nn(C)c(C)c1S(=O)(=O)N1CC[C@H]2O[C@@H](C)C[C@H]2C1. The Hall–Kier alpha value is -0.920. The molecule has 0 bridgehead atoms. The van der Waals surface area contributed by atoms with E-state index in [-0.39, 0.29) is 12.2 Å². The summed E-state index contributed by atoms with van der Waals surface area (Å²) in [7, 11) is -1.69. The Morgan fingerprint density at radius 1 is 1.33 bits per heavy atom. The number of hydrogen-bond acceptors (Lipinski definition) is 4. The summed E-state index contributed by atoms with van der Waals surface area (Å²) in [5.74, 6) is 0.320. The van der Waals surface area contributed by atoms with Gasteiger partial charge in [0.2, 0.25) is 10.0 Å². The van der Waals surface area contributed by atoms with Crippen LogP contribution in [0.3, 0.4) is 0 Å². The second-order valence-corrected chi connectivity index (χ2v) is 8.13. The van der Waals surface area contributed by atoms with Crippen LogP contribution >= 0.6 is 0 Å². The molecular weight excluding hydrogens is 290 g/mol. The number of fused-ring (bicyclic) bond motifs is 1. The minimum Gasteiger partial charge on any atom is -0.375 e. The van der Waals surface area contributed by atoms with Crippen LogP contribution in [0.2, 0.25) is 0 Å². The van der Waals surface area contributed by atoms with Gasteiger partial charge >= 0.3 is 0 Å². The maximum absolute atomic E-state index is 12.9. The number of piperidine rings is 1. The highest BCUT2D eigenvalue weighted by molar-refractivity contribution is 7.89. The van der Waals surface area contributed by atoms with E-state index in [2.05, 4.69) is 12.0 Å². The summed E-state index contributed by atoms with van der Waals surface area (Å²) in [6.45, 7) is 6.72. The zero-order chi connectivity index (χ0) is 15.4. The number of sulfonamides is 1. The fourth-order valence-corrected chi connectivity index (χ4v) is 5.55. The first kappa shape index (κ1) is 15.0. The second kappa shape index (κ2) is 5.07. The van der Waals surface area contributed by atoms with Gasteiger partial charge < -0.3 is 4.74 Å². The van der Waals surface area contributed by atoms with Crippen LogP contribution < -0.4 is 0 Å². The summed E-state index contributed by atoms with van der Waals surface area (Å²) in [5.41, 5.74) is 1.28. The van der Waals surface area contributed by atoms with Crippen LogP contribution in [0.25, 0.3) is 0 Å². The van der Waals surface area contributed by atoms with E-state index in [4.69, 9.17) is 4.74 Å². The van der Waals surface area contributed by atoms with Gasteiger partial charge in [-0.25, -0.2) is 8.42 Å². The smallest absolute Gasteiger partial charge is 0.246 e. The fourth-order valence-electron chi connectivity index (χ4n) is 3.64. The lowest BCUT2D eigenvalue weighted by Gasteiger charge is -2.33. The Balaban J connectivity index is 1.89. The van der Waals surface area contributed by atoms with Crippen LogP contribution in [0.5, 0.6) is 0 Å². The van der Waals surface area contributed by atoms with Crippen LogP contribution in [0.4, 0.5) is 0 Å². The normalized spacial score (nSPS) is 30.6.